The van der Waals surface area contributed by atoms with Crippen molar-refractivity contribution in [3.8, 4) is 0 Å². The van der Waals surface area contributed by atoms with E-state index >= 15 is 0 Å². The van der Waals surface area contributed by atoms with Crippen molar-refractivity contribution < 1.29 is 31.1 Å². The molecule has 1 aliphatic carbocycles. The number of benzene rings is 1. The van der Waals surface area contributed by atoms with E-state index in [4.69, 9.17) is 4.74 Å². The highest BCUT2D eigenvalue weighted by Crippen LogP contribution is 2.44. The number of fused-ring (bicyclic) bond motifs is 1. The van der Waals surface area contributed by atoms with E-state index in [0.717, 1.165) is 37.7 Å². The molecule has 1 aromatic carbocycles. The molecule has 0 aromatic heterocycles. The molecule has 0 saturated heterocycles. The first-order valence-electron chi connectivity index (χ1n) is 9.50. The third-order valence-corrected chi connectivity index (χ3v) is 5.94. The summed E-state index contributed by atoms with van der Waals surface area (Å²) in [4.78, 5) is 0. The lowest BCUT2D eigenvalue weighted by molar-refractivity contribution is -0.321. The van der Waals surface area contributed by atoms with E-state index in [1.165, 1.54) is 12.5 Å². The zero-order valence-corrected chi connectivity index (χ0v) is 15.2. The van der Waals surface area contributed by atoms with Crippen molar-refractivity contribution in [2.45, 2.75) is 82.6 Å². The van der Waals surface area contributed by atoms with Crippen LogP contribution in [0.25, 0.3) is 0 Å². The van der Waals surface area contributed by atoms with Gasteiger partial charge in [-0.1, -0.05) is 25.8 Å². The Kier molecular flexibility index (Phi) is 5.80. The molecule has 152 valence electrons. The number of halogens is 6. The quantitative estimate of drug-likeness (QED) is 0.527. The van der Waals surface area contributed by atoms with Crippen molar-refractivity contribution >= 4 is 0 Å². The molecule has 1 atom stereocenters. The van der Waals surface area contributed by atoms with Gasteiger partial charge in [0.05, 0.1) is 6.61 Å². The minimum atomic E-state index is -5.72. The van der Waals surface area contributed by atoms with Crippen molar-refractivity contribution in [1.82, 2.24) is 0 Å². The standard InChI is InChI=1S/C20H24F6O/c1-2-3-12-4-6-13(7-5-12)14-8-15-11-27-18(10-16(15)17(21)9-14)19(22,23)20(24,25)26/h8-9,12-13,18H,2-7,10-11H2,1H3. The average molecular weight is 394 g/mol. The van der Waals surface area contributed by atoms with E-state index in [1.807, 2.05) is 0 Å². The number of alkyl halides is 5. The first kappa shape index (κ1) is 20.5. The Morgan fingerprint density at radius 1 is 1.04 bits per heavy atom. The molecule has 0 radical (unpaired) electrons. The zero-order chi connectivity index (χ0) is 19.8. The molecule has 1 aliphatic heterocycles. The third-order valence-electron chi connectivity index (χ3n) is 5.94. The lowest BCUT2D eigenvalue weighted by Crippen LogP contribution is -2.50. The second-order valence-corrected chi connectivity index (χ2v) is 7.77. The fraction of sp³-hybridized carbons (Fsp3) is 0.700. The fourth-order valence-corrected chi connectivity index (χ4v) is 4.35. The van der Waals surface area contributed by atoms with Gasteiger partial charge >= 0.3 is 12.1 Å². The Labute approximate surface area is 155 Å². The lowest BCUT2D eigenvalue weighted by Gasteiger charge is -2.34. The van der Waals surface area contributed by atoms with Gasteiger partial charge in [-0.05, 0) is 60.3 Å². The lowest BCUT2D eigenvalue weighted by atomic mass is 9.76. The molecule has 3 rings (SSSR count). The van der Waals surface area contributed by atoms with Gasteiger partial charge in [0.25, 0.3) is 0 Å². The van der Waals surface area contributed by atoms with Crippen LogP contribution in [0.2, 0.25) is 0 Å². The Hall–Kier alpha value is -1.24. The first-order valence-corrected chi connectivity index (χ1v) is 9.50. The smallest absolute Gasteiger partial charge is 0.367 e. The van der Waals surface area contributed by atoms with E-state index in [2.05, 4.69) is 6.92 Å². The van der Waals surface area contributed by atoms with Gasteiger partial charge in [0.15, 0.2) is 0 Å². The van der Waals surface area contributed by atoms with E-state index in [0.29, 0.717) is 11.5 Å². The summed E-state index contributed by atoms with van der Waals surface area (Å²) in [5.41, 5.74) is 1.10. The van der Waals surface area contributed by atoms with Gasteiger partial charge in [-0.2, -0.15) is 22.0 Å². The molecular weight excluding hydrogens is 370 g/mol. The maximum atomic E-state index is 14.6. The van der Waals surface area contributed by atoms with Crippen LogP contribution in [-0.2, 0) is 17.8 Å². The van der Waals surface area contributed by atoms with Crippen LogP contribution in [0.5, 0.6) is 0 Å². The van der Waals surface area contributed by atoms with Gasteiger partial charge in [-0.15, -0.1) is 0 Å². The third kappa shape index (κ3) is 4.13. The summed E-state index contributed by atoms with van der Waals surface area (Å²) in [6, 6.07) is 3.04. The largest absolute Gasteiger partial charge is 0.456 e. The summed E-state index contributed by atoms with van der Waals surface area (Å²) in [5, 5.41) is 0. The summed E-state index contributed by atoms with van der Waals surface area (Å²) in [5.74, 6) is -4.81. The highest BCUT2D eigenvalue weighted by molar-refractivity contribution is 5.37. The van der Waals surface area contributed by atoms with Crippen molar-refractivity contribution in [3.05, 3.63) is 34.6 Å². The topological polar surface area (TPSA) is 9.23 Å². The van der Waals surface area contributed by atoms with Gasteiger partial charge in [0.1, 0.15) is 11.9 Å². The van der Waals surface area contributed by atoms with Crippen LogP contribution in [-0.4, -0.2) is 18.2 Å². The number of hydrogen-bond donors (Lipinski definition) is 0. The summed E-state index contributed by atoms with van der Waals surface area (Å²) in [7, 11) is 0. The first-order chi connectivity index (χ1) is 12.6. The van der Waals surface area contributed by atoms with Crippen molar-refractivity contribution in [3.63, 3.8) is 0 Å². The van der Waals surface area contributed by atoms with Crippen molar-refractivity contribution in [2.75, 3.05) is 0 Å². The molecular formula is C20H24F6O. The van der Waals surface area contributed by atoms with E-state index in [-0.39, 0.29) is 11.5 Å². The maximum Gasteiger partial charge on any atom is 0.456 e. The molecule has 1 saturated carbocycles. The van der Waals surface area contributed by atoms with Gasteiger partial charge in [-0.25, -0.2) is 4.39 Å². The Morgan fingerprint density at radius 2 is 1.70 bits per heavy atom. The highest BCUT2D eigenvalue weighted by atomic mass is 19.4. The Balaban J connectivity index is 1.75. The molecule has 0 spiro atoms. The van der Waals surface area contributed by atoms with Gasteiger partial charge < -0.3 is 4.74 Å². The SMILES string of the molecule is CCCC1CCC(c2cc(F)c3c(c2)COC(C(F)(F)C(F)(F)F)C3)CC1. The normalized spacial score (nSPS) is 26.7. The molecule has 7 heteroatoms. The molecule has 1 heterocycles. The molecule has 0 amide bonds. The molecule has 0 bridgehead atoms. The minimum Gasteiger partial charge on any atom is -0.367 e. The maximum absolute atomic E-state index is 14.6. The molecule has 1 fully saturated rings. The molecule has 0 N–H and O–H groups in total. The summed E-state index contributed by atoms with van der Waals surface area (Å²) < 4.78 is 84.1. The molecule has 1 nitrogen and oxygen atoms in total. The van der Waals surface area contributed by atoms with Crippen LogP contribution < -0.4 is 0 Å². The van der Waals surface area contributed by atoms with Crippen LogP contribution in [0.3, 0.4) is 0 Å². The van der Waals surface area contributed by atoms with E-state index < -0.39 is 37.0 Å². The second-order valence-electron chi connectivity index (χ2n) is 7.77. The summed E-state index contributed by atoms with van der Waals surface area (Å²) in [6.45, 7) is 1.72. The van der Waals surface area contributed by atoms with Gasteiger partial charge in [0.2, 0.25) is 0 Å². The second kappa shape index (κ2) is 7.64. The van der Waals surface area contributed by atoms with Crippen LogP contribution in [0.4, 0.5) is 26.3 Å². The summed E-state index contributed by atoms with van der Waals surface area (Å²) >= 11 is 0. The molecule has 1 unspecified atom stereocenters. The van der Waals surface area contributed by atoms with Gasteiger partial charge in [0, 0.05) is 6.42 Å². The summed E-state index contributed by atoms with van der Waals surface area (Å²) in [6.07, 6.45) is -2.52. The van der Waals surface area contributed by atoms with E-state index in [1.54, 1.807) is 6.07 Å². The van der Waals surface area contributed by atoms with Crippen molar-refractivity contribution in [2.24, 2.45) is 5.92 Å². The van der Waals surface area contributed by atoms with E-state index in [9.17, 15) is 26.3 Å². The zero-order valence-electron chi connectivity index (χ0n) is 15.2. The predicted octanol–water partition coefficient (Wildman–Crippen LogP) is 6.54. The van der Waals surface area contributed by atoms with Crippen LogP contribution in [0, 0.1) is 11.7 Å². The minimum absolute atomic E-state index is 0.0846. The predicted molar refractivity (Wildman–Crippen MR) is 89.3 cm³/mol. The molecule has 27 heavy (non-hydrogen) atoms. The molecule has 1 aromatic rings. The van der Waals surface area contributed by atoms with Crippen LogP contribution >= 0.6 is 0 Å². The van der Waals surface area contributed by atoms with Crippen LogP contribution in [0.15, 0.2) is 12.1 Å². The van der Waals surface area contributed by atoms with Crippen molar-refractivity contribution in [1.29, 1.82) is 0 Å². The number of ether oxygens (including phenoxy) is 1. The average Bonchev–Trinajstić information content (AvgIpc) is 2.61. The Bertz CT molecular complexity index is 661. The highest BCUT2D eigenvalue weighted by Gasteiger charge is 2.63. The Morgan fingerprint density at radius 3 is 2.30 bits per heavy atom. The van der Waals surface area contributed by atoms with Gasteiger partial charge in [-0.3, -0.25) is 0 Å². The molecule has 2 aliphatic rings. The van der Waals surface area contributed by atoms with Crippen LogP contribution in [0.1, 0.15) is 68.1 Å². The number of rotatable bonds is 4. The monoisotopic (exact) mass is 394 g/mol. The number of hydrogen-bond acceptors (Lipinski definition) is 1. The fourth-order valence-electron chi connectivity index (χ4n) is 4.35.